The van der Waals surface area contributed by atoms with Gasteiger partial charge >= 0.3 is 0 Å². The van der Waals surface area contributed by atoms with Crippen LogP contribution in [0.3, 0.4) is 0 Å². The van der Waals surface area contributed by atoms with Crippen LogP contribution in [0.25, 0.3) is 0 Å². The van der Waals surface area contributed by atoms with Crippen molar-refractivity contribution >= 4 is 32.3 Å². The van der Waals surface area contributed by atoms with Crippen molar-refractivity contribution in [1.82, 2.24) is 0 Å². The third kappa shape index (κ3) is 3.16. The van der Waals surface area contributed by atoms with Crippen molar-refractivity contribution in [3.05, 3.63) is 46.1 Å². The van der Waals surface area contributed by atoms with Gasteiger partial charge in [0.1, 0.15) is 10.8 Å². The lowest BCUT2D eigenvalue weighted by Crippen LogP contribution is -2.19. The molecule has 0 bridgehead atoms. The highest BCUT2D eigenvalue weighted by Crippen LogP contribution is 2.40. The SMILES string of the molecule is C[C@H]1CCc2c(sc(NS(=O)(=O)c3cccc(F)c3)c2C(N)=O)C1. The molecule has 0 unspecified atom stereocenters. The fourth-order valence-corrected chi connectivity index (χ4v) is 5.65. The Bertz CT molecular complexity index is 906. The van der Waals surface area contributed by atoms with Gasteiger partial charge in [-0.2, -0.15) is 0 Å². The largest absolute Gasteiger partial charge is 0.365 e. The summed E-state index contributed by atoms with van der Waals surface area (Å²) >= 11 is 1.23. The van der Waals surface area contributed by atoms with E-state index in [9.17, 15) is 17.6 Å². The van der Waals surface area contributed by atoms with Crippen molar-refractivity contribution in [3.63, 3.8) is 0 Å². The summed E-state index contributed by atoms with van der Waals surface area (Å²) in [5.74, 6) is -0.823. The van der Waals surface area contributed by atoms with Crippen molar-refractivity contribution in [2.24, 2.45) is 11.7 Å². The first-order valence-electron chi connectivity index (χ1n) is 7.50. The monoisotopic (exact) mass is 368 g/mol. The number of sulfonamides is 1. The molecule has 128 valence electrons. The molecule has 24 heavy (non-hydrogen) atoms. The molecule has 0 saturated heterocycles. The molecule has 1 heterocycles. The molecule has 1 aliphatic carbocycles. The molecule has 8 heteroatoms. The number of benzene rings is 1. The highest BCUT2D eigenvalue weighted by atomic mass is 32.2. The number of nitrogens with one attached hydrogen (secondary N) is 1. The lowest BCUT2D eigenvalue weighted by molar-refractivity contribution is 0.100. The summed E-state index contributed by atoms with van der Waals surface area (Å²) in [5.41, 5.74) is 6.55. The molecule has 1 aromatic heterocycles. The fraction of sp³-hybridized carbons (Fsp3) is 0.312. The summed E-state index contributed by atoms with van der Waals surface area (Å²) in [7, 11) is -3.99. The molecule has 1 atom stereocenters. The van der Waals surface area contributed by atoms with E-state index in [0.29, 0.717) is 12.3 Å². The van der Waals surface area contributed by atoms with E-state index in [2.05, 4.69) is 11.6 Å². The molecule has 3 rings (SSSR count). The molecule has 0 spiro atoms. The lowest BCUT2D eigenvalue weighted by Gasteiger charge is -2.18. The molecular formula is C16H17FN2O3S2. The quantitative estimate of drug-likeness (QED) is 0.869. The maximum Gasteiger partial charge on any atom is 0.262 e. The summed E-state index contributed by atoms with van der Waals surface area (Å²) in [6.45, 7) is 2.11. The Morgan fingerprint density at radius 3 is 2.83 bits per heavy atom. The summed E-state index contributed by atoms with van der Waals surface area (Å²) in [6, 6.07) is 4.71. The van der Waals surface area contributed by atoms with Gasteiger partial charge in [-0.25, -0.2) is 12.8 Å². The molecule has 1 amide bonds. The predicted octanol–water partition coefficient (Wildman–Crippen LogP) is 2.91. The van der Waals surface area contributed by atoms with Crippen LogP contribution in [-0.2, 0) is 22.9 Å². The van der Waals surface area contributed by atoms with Crippen molar-refractivity contribution in [1.29, 1.82) is 0 Å². The summed E-state index contributed by atoms with van der Waals surface area (Å²) in [6.07, 6.45) is 2.43. The van der Waals surface area contributed by atoms with E-state index in [-0.39, 0.29) is 15.5 Å². The number of anilines is 1. The molecule has 0 saturated carbocycles. The predicted molar refractivity (Wildman–Crippen MR) is 91.2 cm³/mol. The Labute approximate surface area is 143 Å². The number of amides is 1. The smallest absolute Gasteiger partial charge is 0.262 e. The molecular weight excluding hydrogens is 351 g/mol. The number of rotatable bonds is 4. The first-order valence-corrected chi connectivity index (χ1v) is 9.80. The minimum atomic E-state index is -3.99. The fourth-order valence-electron chi connectivity index (χ4n) is 2.90. The van der Waals surface area contributed by atoms with Crippen LogP contribution in [0, 0.1) is 11.7 Å². The highest BCUT2D eigenvalue weighted by Gasteiger charge is 2.28. The zero-order valence-electron chi connectivity index (χ0n) is 13.0. The Hall–Kier alpha value is -1.93. The van der Waals surface area contributed by atoms with E-state index in [1.807, 2.05) is 0 Å². The lowest BCUT2D eigenvalue weighted by atomic mass is 9.88. The van der Waals surface area contributed by atoms with Crippen molar-refractivity contribution in [2.75, 3.05) is 4.72 Å². The van der Waals surface area contributed by atoms with Gasteiger partial charge in [0, 0.05) is 4.88 Å². The molecule has 1 aromatic carbocycles. The number of primary amides is 1. The van der Waals surface area contributed by atoms with Crippen molar-refractivity contribution in [2.45, 2.75) is 31.1 Å². The molecule has 0 radical (unpaired) electrons. The van der Waals surface area contributed by atoms with E-state index < -0.39 is 21.7 Å². The molecule has 0 aliphatic heterocycles. The third-order valence-electron chi connectivity index (χ3n) is 4.09. The van der Waals surface area contributed by atoms with Gasteiger partial charge in [-0.15, -0.1) is 11.3 Å². The Kier molecular flexibility index (Phi) is 4.35. The first kappa shape index (κ1) is 16.9. The van der Waals surface area contributed by atoms with Crippen molar-refractivity contribution < 1.29 is 17.6 Å². The van der Waals surface area contributed by atoms with Crippen LogP contribution >= 0.6 is 11.3 Å². The molecule has 5 nitrogen and oxygen atoms in total. The number of fused-ring (bicyclic) bond motifs is 1. The van der Waals surface area contributed by atoms with Crippen LogP contribution in [-0.4, -0.2) is 14.3 Å². The maximum absolute atomic E-state index is 13.3. The second kappa shape index (κ2) is 6.18. The Morgan fingerprint density at radius 2 is 2.17 bits per heavy atom. The molecule has 2 aromatic rings. The van der Waals surface area contributed by atoms with Crippen LogP contribution in [0.4, 0.5) is 9.39 Å². The average Bonchev–Trinajstić information content (AvgIpc) is 2.83. The minimum Gasteiger partial charge on any atom is -0.365 e. The van der Waals surface area contributed by atoms with E-state index in [4.69, 9.17) is 5.73 Å². The van der Waals surface area contributed by atoms with Gasteiger partial charge in [0.25, 0.3) is 15.9 Å². The number of nitrogens with two attached hydrogens (primary N) is 1. The number of halogens is 1. The summed E-state index contributed by atoms with van der Waals surface area (Å²) in [4.78, 5) is 12.6. The third-order valence-corrected chi connectivity index (χ3v) is 6.74. The topological polar surface area (TPSA) is 89.3 Å². The minimum absolute atomic E-state index is 0.197. The van der Waals surface area contributed by atoms with Crippen molar-refractivity contribution in [3.8, 4) is 0 Å². The molecule has 1 aliphatic rings. The van der Waals surface area contributed by atoms with E-state index in [0.717, 1.165) is 29.3 Å². The molecule has 0 fully saturated rings. The number of hydrogen-bond donors (Lipinski definition) is 2. The van der Waals surface area contributed by atoms with Crippen LogP contribution in [0.2, 0.25) is 0 Å². The highest BCUT2D eigenvalue weighted by molar-refractivity contribution is 7.93. The zero-order chi connectivity index (χ0) is 17.5. The van der Waals surface area contributed by atoms with Crippen LogP contribution < -0.4 is 10.5 Å². The van der Waals surface area contributed by atoms with Crippen LogP contribution in [0.15, 0.2) is 29.2 Å². The molecule has 3 N–H and O–H groups in total. The number of hydrogen-bond acceptors (Lipinski definition) is 4. The second-order valence-corrected chi connectivity index (χ2v) is 8.77. The van der Waals surface area contributed by atoms with Gasteiger partial charge in [-0.3, -0.25) is 9.52 Å². The van der Waals surface area contributed by atoms with Gasteiger partial charge in [0.05, 0.1) is 10.5 Å². The normalized spacial score (nSPS) is 17.3. The van der Waals surface area contributed by atoms with Gasteiger partial charge in [-0.05, 0) is 48.9 Å². The maximum atomic E-state index is 13.3. The summed E-state index contributed by atoms with van der Waals surface area (Å²) in [5, 5.41) is 0.214. The van der Waals surface area contributed by atoms with E-state index >= 15 is 0 Å². The number of carbonyl (C=O) groups excluding carboxylic acids is 1. The number of thiophene rings is 1. The van der Waals surface area contributed by atoms with Gasteiger partial charge < -0.3 is 5.73 Å². The Balaban J connectivity index is 2.02. The Morgan fingerprint density at radius 1 is 1.42 bits per heavy atom. The van der Waals surface area contributed by atoms with Crippen LogP contribution in [0.1, 0.15) is 34.1 Å². The van der Waals surface area contributed by atoms with E-state index in [1.54, 1.807) is 0 Å². The van der Waals surface area contributed by atoms with Crippen LogP contribution in [0.5, 0.6) is 0 Å². The van der Waals surface area contributed by atoms with E-state index in [1.165, 1.54) is 29.5 Å². The number of carbonyl (C=O) groups is 1. The van der Waals surface area contributed by atoms with Gasteiger partial charge in [0.2, 0.25) is 0 Å². The second-order valence-electron chi connectivity index (χ2n) is 5.98. The standard InChI is InChI=1S/C16H17FN2O3S2/c1-9-5-6-12-13(7-9)23-16(14(12)15(18)20)19-24(21,22)11-4-2-3-10(17)8-11/h2-4,8-9,19H,5-7H2,1H3,(H2,18,20)/t9-/m0/s1. The summed E-state index contributed by atoms with van der Waals surface area (Å²) < 4.78 is 40.7. The van der Waals surface area contributed by atoms with Gasteiger partial charge in [-0.1, -0.05) is 13.0 Å². The van der Waals surface area contributed by atoms with Gasteiger partial charge in [0.15, 0.2) is 0 Å². The first-order chi connectivity index (χ1) is 11.3. The zero-order valence-corrected chi connectivity index (χ0v) is 14.6. The average molecular weight is 368 g/mol.